The second-order valence-electron chi connectivity index (χ2n) is 9.18. The van der Waals surface area contributed by atoms with Gasteiger partial charge in [0.1, 0.15) is 0 Å². The van der Waals surface area contributed by atoms with Gasteiger partial charge >= 0.3 is 0 Å². The number of nitrogens with one attached hydrogen (secondary N) is 1. The Hall–Kier alpha value is -2.18. The van der Waals surface area contributed by atoms with Crippen molar-refractivity contribution in [2.24, 2.45) is 5.41 Å². The molecule has 0 saturated carbocycles. The van der Waals surface area contributed by atoms with Crippen molar-refractivity contribution in [3.05, 3.63) is 70.2 Å². The SMILES string of the molecule is CC(=O)N[C@@H](CCN1CCC2(CC1)CCN(Cc1ccc(Br)cc1)C2=O)c1ccccc1. The van der Waals surface area contributed by atoms with Crippen LogP contribution in [-0.2, 0) is 16.1 Å². The third-order valence-electron chi connectivity index (χ3n) is 7.01. The molecule has 1 N–H and O–H groups in total. The van der Waals surface area contributed by atoms with Gasteiger partial charge in [0.15, 0.2) is 0 Å². The van der Waals surface area contributed by atoms with Crippen LogP contribution in [0.4, 0.5) is 0 Å². The van der Waals surface area contributed by atoms with E-state index in [0.29, 0.717) is 12.5 Å². The van der Waals surface area contributed by atoms with E-state index < -0.39 is 0 Å². The molecule has 0 unspecified atom stereocenters. The topological polar surface area (TPSA) is 52.7 Å². The molecule has 4 rings (SSSR count). The molecule has 2 aromatic carbocycles. The summed E-state index contributed by atoms with van der Waals surface area (Å²) < 4.78 is 1.06. The van der Waals surface area contributed by atoms with E-state index in [4.69, 9.17) is 0 Å². The number of benzene rings is 2. The molecule has 2 aromatic rings. The quantitative estimate of drug-likeness (QED) is 0.611. The number of hydrogen-bond donors (Lipinski definition) is 1. The van der Waals surface area contributed by atoms with Crippen LogP contribution >= 0.6 is 15.9 Å². The van der Waals surface area contributed by atoms with Crippen LogP contribution in [0.1, 0.15) is 49.8 Å². The fraction of sp³-hybridized carbons (Fsp3) is 0.462. The highest BCUT2D eigenvalue weighted by Gasteiger charge is 2.47. The van der Waals surface area contributed by atoms with Crippen LogP contribution in [0.5, 0.6) is 0 Å². The summed E-state index contributed by atoms with van der Waals surface area (Å²) in [6, 6.07) is 18.4. The normalized spacial score (nSPS) is 19.3. The fourth-order valence-corrected chi connectivity index (χ4v) is 5.35. The summed E-state index contributed by atoms with van der Waals surface area (Å²) in [7, 11) is 0. The molecule has 6 heteroatoms. The van der Waals surface area contributed by atoms with E-state index in [0.717, 1.165) is 61.9 Å². The lowest BCUT2D eigenvalue weighted by Gasteiger charge is -2.38. The molecule has 2 aliphatic rings. The maximum Gasteiger partial charge on any atom is 0.229 e. The molecular weight excluding hydrogens is 466 g/mol. The predicted octanol–water partition coefficient (Wildman–Crippen LogP) is 4.53. The molecule has 2 heterocycles. The van der Waals surface area contributed by atoms with Crippen molar-refractivity contribution < 1.29 is 9.59 Å². The van der Waals surface area contributed by atoms with Crippen molar-refractivity contribution in [3.63, 3.8) is 0 Å². The van der Waals surface area contributed by atoms with Gasteiger partial charge in [0.2, 0.25) is 11.8 Å². The maximum absolute atomic E-state index is 13.3. The first-order valence-corrected chi connectivity index (χ1v) is 12.3. The lowest BCUT2D eigenvalue weighted by molar-refractivity contribution is -0.139. The molecule has 5 nitrogen and oxygen atoms in total. The van der Waals surface area contributed by atoms with E-state index in [2.05, 4.69) is 50.4 Å². The number of amides is 2. The summed E-state index contributed by atoms with van der Waals surface area (Å²) >= 11 is 3.47. The molecule has 170 valence electrons. The Kier molecular flexibility index (Phi) is 7.31. The highest BCUT2D eigenvalue weighted by Crippen LogP contribution is 2.42. The monoisotopic (exact) mass is 497 g/mol. The molecule has 0 aliphatic carbocycles. The summed E-state index contributed by atoms with van der Waals surface area (Å²) in [5.41, 5.74) is 2.15. The van der Waals surface area contributed by atoms with Gasteiger partial charge in [-0.15, -0.1) is 0 Å². The largest absolute Gasteiger partial charge is 0.349 e. The average molecular weight is 498 g/mol. The van der Waals surface area contributed by atoms with Crippen molar-refractivity contribution in [1.29, 1.82) is 0 Å². The average Bonchev–Trinajstić information content (AvgIpc) is 3.09. The van der Waals surface area contributed by atoms with Crippen molar-refractivity contribution in [2.75, 3.05) is 26.2 Å². The summed E-state index contributed by atoms with van der Waals surface area (Å²) in [4.78, 5) is 29.5. The lowest BCUT2D eigenvalue weighted by atomic mass is 9.77. The number of carbonyl (C=O) groups excluding carboxylic acids is 2. The highest BCUT2D eigenvalue weighted by atomic mass is 79.9. The van der Waals surface area contributed by atoms with Crippen LogP contribution in [0.25, 0.3) is 0 Å². The molecular formula is C26H32BrN3O2. The van der Waals surface area contributed by atoms with E-state index in [-0.39, 0.29) is 17.4 Å². The zero-order chi connectivity index (χ0) is 22.6. The van der Waals surface area contributed by atoms with Crippen molar-refractivity contribution in [1.82, 2.24) is 15.1 Å². The van der Waals surface area contributed by atoms with Gasteiger partial charge in [-0.2, -0.15) is 0 Å². The third-order valence-corrected chi connectivity index (χ3v) is 7.54. The molecule has 0 aromatic heterocycles. The minimum atomic E-state index is -0.178. The summed E-state index contributed by atoms with van der Waals surface area (Å²) in [6.45, 7) is 5.94. The zero-order valence-corrected chi connectivity index (χ0v) is 20.3. The minimum Gasteiger partial charge on any atom is -0.349 e. The van der Waals surface area contributed by atoms with E-state index in [9.17, 15) is 9.59 Å². The van der Waals surface area contributed by atoms with Crippen LogP contribution in [0.15, 0.2) is 59.1 Å². The number of carbonyl (C=O) groups is 2. The van der Waals surface area contributed by atoms with Gasteiger partial charge in [-0.3, -0.25) is 9.59 Å². The summed E-state index contributed by atoms with van der Waals surface area (Å²) in [5.74, 6) is 0.333. The van der Waals surface area contributed by atoms with Gasteiger partial charge in [-0.05, 0) is 62.0 Å². The van der Waals surface area contributed by atoms with Crippen LogP contribution in [0, 0.1) is 5.41 Å². The number of nitrogens with zero attached hydrogens (tertiary/aromatic N) is 2. The molecule has 32 heavy (non-hydrogen) atoms. The molecule has 1 spiro atoms. The molecule has 2 amide bonds. The Balaban J connectivity index is 1.30. The van der Waals surface area contributed by atoms with E-state index in [1.807, 2.05) is 35.2 Å². The summed E-state index contributed by atoms with van der Waals surface area (Å²) in [5, 5.41) is 3.09. The van der Waals surface area contributed by atoms with Gasteiger partial charge in [0, 0.05) is 31.0 Å². The highest BCUT2D eigenvalue weighted by molar-refractivity contribution is 9.10. The Morgan fingerprint density at radius 1 is 1.03 bits per heavy atom. The lowest BCUT2D eigenvalue weighted by Crippen LogP contribution is -2.45. The molecule has 2 fully saturated rings. The number of piperidine rings is 1. The fourth-order valence-electron chi connectivity index (χ4n) is 5.09. The summed E-state index contributed by atoms with van der Waals surface area (Å²) in [6.07, 6.45) is 3.70. The van der Waals surface area contributed by atoms with E-state index in [1.54, 1.807) is 6.92 Å². The minimum absolute atomic E-state index is 0.00105. The Bertz CT molecular complexity index is 924. The van der Waals surface area contributed by atoms with Gasteiger partial charge in [-0.1, -0.05) is 58.4 Å². The first kappa shape index (κ1) is 23.0. The predicted molar refractivity (Wildman–Crippen MR) is 130 cm³/mol. The number of rotatable bonds is 7. The second kappa shape index (κ2) is 10.2. The van der Waals surface area contributed by atoms with Crippen LogP contribution < -0.4 is 5.32 Å². The molecule has 2 aliphatic heterocycles. The van der Waals surface area contributed by atoms with Crippen molar-refractivity contribution in [3.8, 4) is 0 Å². The first-order chi connectivity index (χ1) is 15.4. The molecule has 0 bridgehead atoms. The second-order valence-corrected chi connectivity index (χ2v) is 10.1. The molecule has 0 radical (unpaired) electrons. The Morgan fingerprint density at radius 3 is 2.34 bits per heavy atom. The maximum atomic E-state index is 13.3. The van der Waals surface area contributed by atoms with E-state index in [1.165, 1.54) is 5.56 Å². The van der Waals surface area contributed by atoms with Gasteiger partial charge in [0.05, 0.1) is 11.5 Å². The Labute approximate surface area is 199 Å². The smallest absolute Gasteiger partial charge is 0.229 e. The Morgan fingerprint density at radius 2 is 1.69 bits per heavy atom. The standard InChI is InChI=1S/C26H32BrN3O2/c1-20(31)28-24(22-5-3-2-4-6-22)11-15-29-16-12-26(13-17-29)14-18-30(25(26)32)19-21-7-9-23(27)10-8-21/h2-10,24H,11-19H2,1H3,(H,28,31)/t24-/m0/s1. The third kappa shape index (κ3) is 5.41. The van der Waals surface area contributed by atoms with Crippen LogP contribution in [-0.4, -0.2) is 47.8 Å². The van der Waals surface area contributed by atoms with Gasteiger partial charge < -0.3 is 15.1 Å². The molecule has 2 saturated heterocycles. The van der Waals surface area contributed by atoms with Gasteiger partial charge in [-0.25, -0.2) is 0 Å². The van der Waals surface area contributed by atoms with Crippen molar-refractivity contribution >= 4 is 27.7 Å². The van der Waals surface area contributed by atoms with Crippen molar-refractivity contribution in [2.45, 2.75) is 45.2 Å². The first-order valence-electron chi connectivity index (χ1n) is 11.5. The van der Waals surface area contributed by atoms with Gasteiger partial charge in [0.25, 0.3) is 0 Å². The number of halogens is 1. The molecule has 1 atom stereocenters. The number of hydrogen-bond acceptors (Lipinski definition) is 3. The number of likely N-dealkylation sites (tertiary alicyclic amines) is 2. The van der Waals surface area contributed by atoms with Crippen LogP contribution in [0.2, 0.25) is 0 Å². The van der Waals surface area contributed by atoms with E-state index >= 15 is 0 Å². The zero-order valence-electron chi connectivity index (χ0n) is 18.7. The van der Waals surface area contributed by atoms with Crippen LogP contribution in [0.3, 0.4) is 0 Å².